The molecule has 13 heteroatoms. The Kier molecular flexibility index (Phi) is 5.85. The maximum absolute atomic E-state index is 13.3. The first-order chi connectivity index (χ1) is 14.1. The van der Waals surface area contributed by atoms with Crippen LogP contribution in [0.1, 0.15) is 0 Å². The predicted octanol–water partition coefficient (Wildman–Crippen LogP) is 2.37. The molecule has 3 rings (SSSR count). The second kappa shape index (κ2) is 8.20. The van der Waals surface area contributed by atoms with Crippen LogP contribution in [0.25, 0.3) is 0 Å². The first kappa shape index (κ1) is 21.4. The molecule has 0 bridgehead atoms. The van der Waals surface area contributed by atoms with Gasteiger partial charge in [-0.3, -0.25) is 9.44 Å². The Hall–Kier alpha value is -3.32. The highest BCUT2D eigenvalue weighted by atomic mass is 32.2. The van der Waals surface area contributed by atoms with E-state index in [0.29, 0.717) is 12.1 Å². The molecule has 0 saturated heterocycles. The molecule has 0 aliphatic heterocycles. The van der Waals surface area contributed by atoms with Crippen molar-refractivity contribution in [1.82, 2.24) is 9.97 Å². The van der Waals surface area contributed by atoms with Gasteiger partial charge in [0, 0.05) is 11.8 Å². The van der Waals surface area contributed by atoms with E-state index in [1.54, 1.807) is 0 Å². The first-order valence-electron chi connectivity index (χ1n) is 8.07. The summed E-state index contributed by atoms with van der Waals surface area (Å²) >= 11 is 0. The van der Waals surface area contributed by atoms with Crippen molar-refractivity contribution in [1.29, 1.82) is 0 Å². The molecule has 158 valence electrons. The minimum Gasteiger partial charge on any atom is -0.481 e. The summed E-state index contributed by atoms with van der Waals surface area (Å²) in [6, 6.07) is 8.12. The van der Waals surface area contributed by atoms with Crippen molar-refractivity contribution in [3.8, 4) is 5.88 Å². The molecular formula is C17H14F2N4O5S2. The average Bonchev–Trinajstić information content (AvgIpc) is 2.70. The molecule has 0 amide bonds. The smallest absolute Gasteiger partial charge is 0.263 e. The van der Waals surface area contributed by atoms with Crippen LogP contribution >= 0.6 is 0 Å². The Bertz CT molecular complexity index is 1280. The fourth-order valence-corrected chi connectivity index (χ4v) is 4.33. The summed E-state index contributed by atoms with van der Waals surface area (Å²) in [5.74, 6) is -2.36. The molecule has 3 aromatic rings. The van der Waals surface area contributed by atoms with E-state index in [0.717, 1.165) is 24.5 Å². The number of nitrogens with zero attached hydrogens (tertiary/aromatic N) is 2. The van der Waals surface area contributed by atoms with Crippen molar-refractivity contribution >= 4 is 31.6 Å². The van der Waals surface area contributed by atoms with Gasteiger partial charge in [0.15, 0.2) is 11.6 Å². The number of rotatable bonds is 7. The number of methoxy groups -OCH3 is 1. The van der Waals surface area contributed by atoms with E-state index in [9.17, 15) is 25.6 Å². The zero-order chi connectivity index (χ0) is 21.9. The number of hydrogen-bond donors (Lipinski definition) is 2. The molecule has 1 aromatic heterocycles. The van der Waals surface area contributed by atoms with Crippen LogP contribution in [0.2, 0.25) is 0 Å². The zero-order valence-electron chi connectivity index (χ0n) is 15.2. The van der Waals surface area contributed by atoms with E-state index >= 15 is 0 Å². The van der Waals surface area contributed by atoms with Gasteiger partial charge in [0.25, 0.3) is 20.0 Å². The molecule has 1 heterocycles. The van der Waals surface area contributed by atoms with E-state index in [1.807, 2.05) is 0 Å². The number of nitrogens with one attached hydrogen (secondary N) is 2. The lowest BCUT2D eigenvalue weighted by molar-refractivity contribution is 0.397. The molecule has 0 radical (unpaired) electrons. The van der Waals surface area contributed by atoms with Gasteiger partial charge in [0.05, 0.1) is 16.9 Å². The summed E-state index contributed by atoms with van der Waals surface area (Å²) in [5, 5.41) is 0. The molecule has 2 N–H and O–H groups in total. The van der Waals surface area contributed by atoms with Crippen LogP contribution in [0.4, 0.5) is 20.3 Å². The summed E-state index contributed by atoms with van der Waals surface area (Å²) < 4.78 is 85.1. The normalized spacial score (nSPS) is 11.7. The largest absolute Gasteiger partial charge is 0.481 e. The van der Waals surface area contributed by atoms with E-state index < -0.39 is 36.6 Å². The van der Waals surface area contributed by atoms with E-state index in [4.69, 9.17) is 4.74 Å². The van der Waals surface area contributed by atoms with Crippen LogP contribution in [0.3, 0.4) is 0 Å². The standard InChI is InChI=1S/C17H14F2N4O5S2/c1-28-17-9-16(20-10-21-17)23-29(24,25)12-4-2-11(3-5-12)22-30(26,27)13-6-7-14(18)15(19)8-13/h2-10,22H,1H3,(H,20,21,23). The van der Waals surface area contributed by atoms with Crippen molar-refractivity contribution < 1.29 is 30.4 Å². The zero-order valence-corrected chi connectivity index (χ0v) is 16.8. The molecule has 0 saturated carbocycles. The molecule has 2 aromatic carbocycles. The van der Waals surface area contributed by atoms with Crippen LogP contribution < -0.4 is 14.2 Å². The number of sulfonamides is 2. The molecule has 0 fully saturated rings. The average molecular weight is 456 g/mol. The van der Waals surface area contributed by atoms with Gasteiger partial charge in [-0.2, -0.15) is 0 Å². The Morgan fingerprint density at radius 2 is 1.43 bits per heavy atom. The van der Waals surface area contributed by atoms with Crippen LogP contribution in [0, 0.1) is 11.6 Å². The molecule has 0 aliphatic carbocycles. The number of halogens is 2. The topological polar surface area (TPSA) is 127 Å². The number of benzene rings is 2. The van der Waals surface area contributed by atoms with Crippen molar-refractivity contribution in [3.63, 3.8) is 0 Å². The summed E-state index contributed by atoms with van der Waals surface area (Å²) in [6.07, 6.45) is 1.12. The lowest BCUT2D eigenvalue weighted by atomic mass is 10.3. The number of aromatic nitrogens is 2. The van der Waals surface area contributed by atoms with Gasteiger partial charge in [-0.1, -0.05) is 0 Å². The highest BCUT2D eigenvalue weighted by molar-refractivity contribution is 7.93. The Morgan fingerprint density at radius 1 is 0.800 bits per heavy atom. The van der Waals surface area contributed by atoms with Crippen molar-refractivity contribution in [2.24, 2.45) is 0 Å². The second-order valence-electron chi connectivity index (χ2n) is 5.76. The first-order valence-corrected chi connectivity index (χ1v) is 11.0. The van der Waals surface area contributed by atoms with Crippen LogP contribution in [-0.2, 0) is 20.0 Å². The van der Waals surface area contributed by atoms with Crippen molar-refractivity contribution in [2.45, 2.75) is 9.79 Å². The minimum atomic E-state index is -4.21. The number of hydrogen-bond acceptors (Lipinski definition) is 7. The van der Waals surface area contributed by atoms with Gasteiger partial charge in [0.1, 0.15) is 12.1 Å². The van der Waals surface area contributed by atoms with Crippen LogP contribution in [0.15, 0.2) is 64.6 Å². The van der Waals surface area contributed by atoms with E-state index in [1.165, 1.54) is 25.3 Å². The third-order valence-corrected chi connectivity index (χ3v) is 6.46. The monoisotopic (exact) mass is 456 g/mol. The molecule has 9 nitrogen and oxygen atoms in total. The predicted molar refractivity (Wildman–Crippen MR) is 103 cm³/mol. The second-order valence-corrected chi connectivity index (χ2v) is 9.12. The van der Waals surface area contributed by atoms with Gasteiger partial charge in [-0.25, -0.2) is 35.6 Å². The highest BCUT2D eigenvalue weighted by Gasteiger charge is 2.19. The summed E-state index contributed by atoms with van der Waals surface area (Å²) in [6.45, 7) is 0. The quantitative estimate of drug-likeness (QED) is 0.559. The summed E-state index contributed by atoms with van der Waals surface area (Å²) in [4.78, 5) is 6.89. The molecule has 0 aliphatic rings. The lowest BCUT2D eigenvalue weighted by Crippen LogP contribution is -2.15. The minimum absolute atomic E-state index is 0.0161. The van der Waals surface area contributed by atoms with Gasteiger partial charge < -0.3 is 4.74 Å². The molecule has 0 atom stereocenters. The Labute approximate surface area is 170 Å². The third-order valence-electron chi connectivity index (χ3n) is 3.71. The Balaban J connectivity index is 1.79. The lowest BCUT2D eigenvalue weighted by Gasteiger charge is -2.10. The highest BCUT2D eigenvalue weighted by Crippen LogP contribution is 2.21. The van der Waals surface area contributed by atoms with E-state index in [-0.39, 0.29) is 22.3 Å². The maximum Gasteiger partial charge on any atom is 0.263 e. The van der Waals surface area contributed by atoms with Gasteiger partial charge in [0.2, 0.25) is 5.88 Å². The summed E-state index contributed by atoms with van der Waals surface area (Å²) in [7, 11) is -6.87. The van der Waals surface area contributed by atoms with Gasteiger partial charge in [-0.05, 0) is 42.5 Å². The Morgan fingerprint density at radius 3 is 2.07 bits per heavy atom. The molecule has 30 heavy (non-hydrogen) atoms. The number of ether oxygens (including phenoxy) is 1. The summed E-state index contributed by atoms with van der Waals surface area (Å²) in [5.41, 5.74) is 0.0161. The fourth-order valence-electron chi connectivity index (χ4n) is 2.26. The van der Waals surface area contributed by atoms with Crippen molar-refractivity contribution in [3.05, 3.63) is 66.5 Å². The van der Waals surface area contributed by atoms with Crippen LogP contribution in [0.5, 0.6) is 5.88 Å². The molecular weight excluding hydrogens is 442 g/mol. The molecule has 0 unspecified atom stereocenters. The maximum atomic E-state index is 13.3. The van der Waals surface area contributed by atoms with Crippen molar-refractivity contribution in [2.75, 3.05) is 16.6 Å². The van der Waals surface area contributed by atoms with Gasteiger partial charge >= 0.3 is 0 Å². The van der Waals surface area contributed by atoms with Gasteiger partial charge in [-0.15, -0.1) is 0 Å². The number of anilines is 2. The molecule has 0 spiro atoms. The third kappa shape index (κ3) is 4.80. The fraction of sp³-hybridized carbons (Fsp3) is 0.0588. The van der Waals surface area contributed by atoms with E-state index in [2.05, 4.69) is 19.4 Å². The SMILES string of the molecule is COc1cc(NS(=O)(=O)c2ccc(NS(=O)(=O)c3ccc(F)c(F)c3)cc2)ncn1. The van der Waals surface area contributed by atoms with Crippen LogP contribution in [-0.4, -0.2) is 33.9 Å².